The summed E-state index contributed by atoms with van der Waals surface area (Å²) in [6, 6.07) is -0.355. The number of aliphatic hydroxyl groups excluding tert-OH is 1. The van der Waals surface area contributed by atoms with Gasteiger partial charge in [0.15, 0.2) is 5.13 Å². The Morgan fingerprint density at radius 1 is 1.39 bits per heavy atom. The summed E-state index contributed by atoms with van der Waals surface area (Å²) in [5, 5.41) is 17.4. The van der Waals surface area contributed by atoms with E-state index in [2.05, 4.69) is 15.6 Å². The van der Waals surface area contributed by atoms with Crippen LogP contribution in [0.2, 0.25) is 0 Å². The molecule has 0 unspecified atom stereocenters. The van der Waals surface area contributed by atoms with E-state index in [1.54, 1.807) is 23.7 Å². The van der Waals surface area contributed by atoms with Crippen molar-refractivity contribution in [3.05, 3.63) is 23.7 Å². The van der Waals surface area contributed by atoms with E-state index in [9.17, 15) is 14.7 Å². The highest BCUT2D eigenvalue weighted by atomic mass is 32.1. The molecule has 1 saturated carbocycles. The summed E-state index contributed by atoms with van der Waals surface area (Å²) < 4.78 is 5.71. The molecule has 124 valence electrons. The average molecular weight is 337 g/mol. The van der Waals surface area contributed by atoms with Crippen LogP contribution in [0.4, 0.5) is 5.13 Å². The van der Waals surface area contributed by atoms with Gasteiger partial charge >= 0.3 is 0 Å². The number of aromatic nitrogens is 1. The van der Waals surface area contributed by atoms with Crippen LogP contribution in [0.1, 0.15) is 19.3 Å². The number of thiazole rings is 1. The van der Waals surface area contributed by atoms with Gasteiger partial charge < -0.3 is 20.5 Å². The molecule has 2 amide bonds. The summed E-state index contributed by atoms with van der Waals surface area (Å²) in [5.41, 5.74) is 0. The number of carbonyl (C=O) groups is 2. The first-order valence-corrected chi connectivity index (χ1v) is 8.48. The molecule has 2 heterocycles. The van der Waals surface area contributed by atoms with Crippen molar-refractivity contribution < 1.29 is 19.4 Å². The number of anilines is 1. The van der Waals surface area contributed by atoms with Crippen molar-refractivity contribution in [2.45, 2.75) is 37.5 Å². The van der Waals surface area contributed by atoms with Crippen LogP contribution in [0.5, 0.6) is 0 Å². The molecule has 8 heteroatoms. The highest BCUT2D eigenvalue weighted by Gasteiger charge is 2.34. The normalized spacial score (nSPS) is 26.7. The van der Waals surface area contributed by atoms with E-state index in [0.29, 0.717) is 5.13 Å². The van der Waals surface area contributed by atoms with E-state index >= 15 is 0 Å². The van der Waals surface area contributed by atoms with Gasteiger partial charge in [-0.15, -0.1) is 11.3 Å². The summed E-state index contributed by atoms with van der Waals surface area (Å²) in [7, 11) is 0. The van der Waals surface area contributed by atoms with Crippen molar-refractivity contribution in [1.82, 2.24) is 10.3 Å². The second-order valence-corrected chi connectivity index (χ2v) is 6.57. The first-order valence-electron chi connectivity index (χ1n) is 7.60. The Morgan fingerprint density at radius 3 is 2.87 bits per heavy atom. The molecule has 0 saturated heterocycles. The predicted molar refractivity (Wildman–Crippen MR) is 84.9 cm³/mol. The van der Waals surface area contributed by atoms with Gasteiger partial charge in [-0.25, -0.2) is 4.98 Å². The fourth-order valence-corrected chi connectivity index (χ4v) is 2.95. The first-order chi connectivity index (χ1) is 11.2. The number of hydrogen-bond acceptors (Lipinski definition) is 6. The van der Waals surface area contributed by atoms with E-state index in [4.69, 9.17) is 4.74 Å². The Balaban J connectivity index is 1.53. The molecule has 0 radical (unpaired) electrons. The van der Waals surface area contributed by atoms with Gasteiger partial charge in [-0.05, 0) is 12.8 Å². The van der Waals surface area contributed by atoms with Gasteiger partial charge in [-0.2, -0.15) is 0 Å². The quantitative estimate of drug-likeness (QED) is 0.663. The largest absolute Gasteiger partial charge is 0.394 e. The Hall–Kier alpha value is -1.77. The molecule has 0 spiro atoms. The maximum atomic E-state index is 11.9. The molecule has 3 N–H and O–H groups in total. The van der Waals surface area contributed by atoms with Crippen LogP contribution in [-0.2, 0) is 14.3 Å². The van der Waals surface area contributed by atoms with Crippen molar-refractivity contribution in [3.8, 4) is 0 Å². The minimum atomic E-state index is -0.541. The molecule has 3 atom stereocenters. The third-order valence-corrected chi connectivity index (χ3v) is 4.47. The van der Waals surface area contributed by atoms with Crippen LogP contribution in [0.15, 0.2) is 23.7 Å². The van der Waals surface area contributed by atoms with Crippen LogP contribution < -0.4 is 10.6 Å². The van der Waals surface area contributed by atoms with E-state index < -0.39 is 12.2 Å². The maximum absolute atomic E-state index is 11.9. The fraction of sp³-hybridized carbons (Fsp3) is 0.533. The lowest BCUT2D eigenvalue weighted by Crippen LogP contribution is -2.49. The number of hydrogen-bond donors (Lipinski definition) is 3. The summed E-state index contributed by atoms with van der Waals surface area (Å²) in [6.07, 6.45) is 6.18. The lowest BCUT2D eigenvalue weighted by molar-refractivity contribution is -0.126. The summed E-state index contributed by atoms with van der Waals surface area (Å²) in [4.78, 5) is 27.7. The number of nitrogens with zero attached hydrogens (tertiary/aromatic N) is 1. The first kappa shape index (κ1) is 16.1. The van der Waals surface area contributed by atoms with Gasteiger partial charge in [0.25, 0.3) is 0 Å². The molecule has 1 fully saturated rings. The molecule has 3 rings (SSSR count). The smallest absolute Gasteiger partial charge is 0.229 e. The molecule has 23 heavy (non-hydrogen) atoms. The number of amides is 2. The molecule has 1 aromatic rings. The third-order valence-electron chi connectivity index (χ3n) is 3.79. The molecule has 7 nitrogen and oxygen atoms in total. The third kappa shape index (κ3) is 4.37. The van der Waals surface area contributed by atoms with Gasteiger partial charge in [-0.1, -0.05) is 12.2 Å². The standard InChI is InChI=1S/C15H19N3O4S/c19-8-12-11(17-14(21)9-1-2-9)4-3-10(22-12)7-13(20)18-15-16-5-6-23-15/h3-6,9-12,19H,1-2,7-8H2,(H,17,21)(H,16,18,20)/t10-,11+,12-/m0/s1. The van der Waals surface area contributed by atoms with Crippen molar-refractivity contribution >= 4 is 28.3 Å². The number of ether oxygens (including phenoxy) is 1. The van der Waals surface area contributed by atoms with Crippen molar-refractivity contribution in [2.24, 2.45) is 5.92 Å². The highest BCUT2D eigenvalue weighted by Crippen LogP contribution is 2.29. The summed E-state index contributed by atoms with van der Waals surface area (Å²) in [5.74, 6) is -0.0991. The zero-order valence-corrected chi connectivity index (χ0v) is 13.3. The van der Waals surface area contributed by atoms with Crippen LogP contribution in [0.3, 0.4) is 0 Å². The van der Waals surface area contributed by atoms with Gasteiger partial charge in [0.1, 0.15) is 6.10 Å². The molecule has 1 aliphatic heterocycles. The second kappa shape index (κ2) is 7.20. The van der Waals surface area contributed by atoms with E-state index in [0.717, 1.165) is 12.8 Å². The molecular weight excluding hydrogens is 318 g/mol. The highest BCUT2D eigenvalue weighted by molar-refractivity contribution is 7.13. The summed E-state index contributed by atoms with van der Waals surface area (Å²) in [6.45, 7) is -0.218. The predicted octanol–water partition coefficient (Wildman–Crippen LogP) is 0.682. The number of nitrogens with one attached hydrogen (secondary N) is 2. The minimum Gasteiger partial charge on any atom is -0.394 e. The lowest BCUT2D eigenvalue weighted by atomic mass is 10.0. The van der Waals surface area contributed by atoms with Crippen LogP contribution >= 0.6 is 11.3 Å². The molecular formula is C15H19N3O4S. The van der Waals surface area contributed by atoms with Gasteiger partial charge in [0.05, 0.1) is 25.2 Å². The van der Waals surface area contributed by atoms with Gasteiger partial charge in [0, 0.05) is 17.5 Å². The van der Waals surface area contributed by atoms with E-state index in [-0.39, 0.29) is 36.8 Å². The minimum absolute atomic E-state index is 0.00154. The molecule has 0 aromatic carbocycles. The Kier molecular flexibility index (Phi) is 5.04. The van der Waals surface area contributed by atoms with Crippen LogP contribution in [0.25, 0.3) is 0 Å². The van der Waals surface area contributed by atoms with Crippen LogP contribution in [0, 0.1) is 5.92 Å². The Morgan fingerprint density at radius 2 is 2.22 bits per heavy atom. The SMILES string of the molecule is O=C(C[C@@H]1C=C[C@@H](NC(=O)C2CC2)[C@H](CO)O1)Nc1nccs1. The number of carbonyl (C=O) groups excluding carboxylic acids is 2. The second-order valence-electron chi connectivity index (χ2n) is 5.68. The monoisotopic (exact) mass is 337 g/mol. The van der Waals surface area contributed by atoms with E-state index in [1.807, 2.05) is 0 Å². The number of aliphatic hydroxyl groups is 1. The zero-order valence-electron chi connectivity index (χ0n) is 12.5. The summed E-state index contributed by atoms with van der Waals surface area (Å²) >= 11 is 1.34. The molecule has 1 aromatic heterocycles. The fourth-order valence-electron chi connectivity index (χ4n) is 2.40. The van der Waals surface area contributed by atoms with Gasteiger partial charge in [-0.3, -0.25) is 9.59 Å². The lowest BCUT2D eigenvalue weighted by Gasteiger charge is -2.31. The Bertz CT molecular complexity index is 586. The van der Waals surface area contributed by atoms with Crippen molar-refractivity contribution in [1.29, 1.82) is 0 Å². The Labute approximate surface area is 137 Å². The number of rotatable bonds is 6. The zero-order chi connectivity index (χ0) is 16.2. The van der Waals surface area contributed by atoms with Crippen LogP contribution in [-0.4, -0.2) is 46.8 Å². The van der Waals surface area contributed by atoms with Crippen molar-refractivity contribution in [3.63, 3.8) is 0 Å². The maximum Gasteiger partial charge on any atom is 0.229 e. The van der Waals surface area contributed by atoms with Crippen molar-refractivity contribution in [2.75, 3.05) is 11.9 Å². The van der Waals surface area contributed by atoms with Gasteiger partial charge in [0.2, 0.25) is 11.8 Å². The average Bonchev–Trinajstić information content (AvgIpc) is 3.27. The molecule has 2 aliphatic rings. The van der Waals surface area contributed by atoms with E-state index in [1.165, 1.54) is 11.3 Å². The molecule has 1 aliphatic carbocycles. The molecule has 0 bridgehead atoms. The topological polar surface area (TPSA) is 101 Å².